The Labute approximate surface area is 151 Å². The van der Waals surface area contributed by atoms with Crippen LogP contribution < -0.4 is 24.8 Å². The van der Waals surface area contributed by atoms with Gasteiger partial charge in [0.25, 0.3) is 0 Å². The van der Waals surface area contributed by atoms with E-state index in [2.05, 4.69) is 68.8 Å². The Morgan fingerprint density at radius 1 is 1.10 bits per heavy atom. The first-order valence-corrected chi connectivity index (χ1v) is 6.96. The van der Waals surface area contributed by atoms with Crippen LogP contribution in [-0.2, 0) is 21.7 Å². The molecule has 1 aromatic heterocycles. The minimum Gasteiger partial charge on any atom is -1.00 e. The van der Waals surface area contributed by atoms with Gasteiger partial charge in [0.05, 0.1) is 0 Å². The van der Waals surface area contributed by atoms with Crippen LogP contribution in [0.4, 0.5) is 0 Å². The third kappa shape index (κ3) is 5.80. The van der Waals surface area contributed by atoms with Crippen molar-refractivity contribution < 1.29 is 46.5 Å². The van der Waals surface area contributed by atoms with Gasteiger partial charge in [-0.05, 0) is 0 Å². The molecule has 0 fully saturated rings. The van der Waals surface area contributed by atoms with E-state index in [1.165, 1.54) is 22.3 Å². The fraction of sp³-hybridized carbons (Fsp3) is 0.250. The van der Waals surface area contributed by atoms with Gasteiger partial charge < -0.3 is 24.8 Å². The number of fused-ring (bicyclic) bond motifs is 1. The molecule has 2 unspecified atom stereocenters. The van der Waals surface area contributed by atoms with E-state index in [0.717, 1.165) is 8.19 Å². The second-order valence-electron chi connectivity index (χ2n) is 4.38. The normalized spacial score (nSPS) is 14.2. The van der Waals surface area contributed by atoms with Crippen molar-refractivity contribution in [2.45, 2.75) is 26.7 Å². The van der Waals surface area contributed by atoms with Crippen LogP contribution in [0, 0.1) is 25.7 Å². The van der Waals surface area contributed by atoms with Crippen LogP contribution in [0.25, 0.3) is 6.08 Å². The summed E-state index contributed by atoms with van der Waals surface area (Å²) in [7, 11) is 0.820. The first kappa shape index (κ1) is 22.3. The Hall–Kier alpha value is 0.0343. The number of halogens is 2. The predicted molar refractivity (Wildman–Crippen MR) is 76.8 cm³/mol. The molecule has 0 bridgehead atoms. The third-order valence-corrected chi connectivity index (χ3v) is 4.19. The SMILES string of the molecule is CC1[C-]=Cc2ccccc21.Cc1[c-][pH]cc1C.[Cl-].[Cl-].[Ti+4]. The molecule has 104 valence electrons. The molecule has 1 aromatic carbocycles. The van der Waals surface area contributed by atoms with Crippen molar-refractivity contribution in [1.29, 1.82) is 0 Å². The predicted octanol–water partition coefficient (Wildman–Crippen LogP) is -1.24. The molecule has 1 aliphatic carbocycles. The smallest absolute Gasteiger partial charge is 1.00 e. The van der Waals surface area contributed by atoms with E-state index >= 15 is 0 Å². The summed E-state index contributed by atoms with van der Waals surface area (Å²) < 4.78 is 0. The maximum atomic E-state index is 3.26. The van der Waals surface area contributed by atoms with Gasteiger partial charge in [-0.1, -0.05) is 44.9 Å². The quantitative estimate of drug-likeness (QED) is 0.408. The molecule has 0 aliphatic heterocycles. The van der Waals surface area contributed by atoms with Crippen molar-refractivity contribution in [3.05, 3.63) is 64.2 Å². The average Bonchev–Trinajstić information content (AvgIpc) is 2.89. The maximum Gasteiger partial charge on any atom is 4.00 e. The fourth-order valence-electron chi connectivity index (χ4n) is 1.80. The Morgan fingerprint density at radius 3 is 2.20 bits per heavy atom. The summed E-state index contributed by atoms with van der Waals surface area (Å²) in [6.45, 7) is 6.40. The van der Waals surface area contributed by atoms with E-state index in [-0.39, 0.29) is 46.5 Å². The van der Waals surface area contributed by atoms with Crippen LogP contribution in [0.3, 0.4) is 0 Å². The summed E-state index contributed by atoms with van der Waals surface area (Å²) in [6, 6.07) is 8.44. The van der Waals surface area contributed by atoms with Crippen LogP contribution in [0.2, 0.25) is 0 Å². The Morgan fingerprint density at radius 2 is 1.75 bits per heavy atom. The van der Waals surface area contributed by atoms with E-state index in [9.17, 15) is 0 Å². The van der Waals surface area contributed by atoms with E-state index in [1.807, 2.05) is 0 Å². The van der Waals surface area contributed by atoms with E-state index in [1.54, 1.807) is 0 Å². The first-order valence-electron chi connectivity index (χ1n) is 5.89. The molecule has 1 heterocycles. The Kier molecular flexibility index (Phi) is 12.0. The number of benzene rings is 1. The van der Waals surface area contributed by atoms with Gasteiger partial charge in [0, 0.05) is 0 Å². The average molecular weight is 359 g/mol. The second-order valence-corrected chi connectivity index (χ2v) is 5.21. The summed E-state index contributed by atoms with van der Waals surface area (Å²) >= 11 is 0. The minimum absolute atomic E-state index is 0. The van der Waals surface area contributed by atoms with Crippen LogP contribution >= 0.6 is 8.19 Å². The van der Waals surface area contributed by atoms with Gasteiger partial charge in [0.15, 0.2) is 0 Å². The van der Waals surface area contributed by atoms with Crippen LogP contribution in [0.15, 0.2) is 30.1 Å². The van der Waals surface area contributed by atoms with Crippen LogP contribution in [0.5, 0.6) is 0 Å². The summed E-state index contributed by atoms with van der Waals surface area (Å²) in [4.78, 5) is 0. The van der Waals surface area contributed by atoms with Gasteiger partial charge in [-0.3, -0.25) is 14.3 Å². The van der Waals surface area contributed by atoms with Crippen molar-refractivity contribution in [3.63, 3.8) is 0 Å². The number of hydrogen-bond donors (Lipinski definition) is 0. The van der Waals surface area contributed by atoms with Gasteiger partial charge in [0.1, 0.15) is 0 Å². The molecule has 0 N–H and O–H groups in total. The van der Waals surface area contributed by atoms with Crippen molar-refractivity contribution in [2.24, 2.45) is 0 Å². The molecule has 20 heavy (non-hydrogen) atoms. The van der Waals surface area contributed by atoms with E-state index in [0.29, 0.717) is 5.92 Å². The Balaban J connectivity index is 0. The number of aryl methyl sites for hydroxylation is 2. The summed E-state index contributed by atoms with van der Waals surface area (Å²) in [5.74, 6) is 5.94. The zero-order chi connectivity index (χ0) is 12.3. The number of rotatable bonds is 0. The van der Waals surface area contributed by atoms with Gasteiger partial charge in [0.2, 0.25) is 0 Å². The molecule has 0 nitrogen and oxygen atoms in total. The molecule has 0 saturated carbocycles. The summed E-state index contributed by atoms with van der Waals surface area (Å²) in [5, 5.41) is 0. The van der Waals surface area contributed by atoms with Crippen LogP contribution in [-0.4, -0.2) is 0 Å². The van der Waals surface area contributed by atoms with Gasteiger partial charge in [-0.15, -0.1) is 11.6 Å². The van der Waals surface area contributed by atoms with E-state index in [4.69, 9.17) is 0 Å². The van der Waals surface area contributed by atoms with Crippen molar-refractivity contribution in [3.8, 4) is 0 Å². The van der Waals surface area contributed by atoms with Crippen molar-refractivity contribution in [1.82, 2.24) is 0 Å². The molecule has 0 saturated heterocycles. The topological polar surface area (TPSA) is 0 Å². The van der Waals surface area contributed by atoms with Gasteiger partial charge >= 0.3 is 21.7 Å². The first-order chi connectivity index (χ1) is 8.18. The number of hydrogen-bond acceptors (Lipinski definition) is 0. The van der Waals surface area contributed by atoms with Gasteiger partial charge in [-0.25, -0.2) is 6.08 Å². The standard InChI is InChI=1S/C10H9.C6H8P.2ClH.Ti/c1-8-6-7-9-4-2-3-5-10(8)9;1-5-3-7-4-6(5)2;;;/h2-5,7-8H,1H3;3,7H,1-2H3;2*1H;/q2*-1;;;+4/p-2. The minimum atomic E-state index is 0. The molecule has 0 spiro atoms. The van der Waals surface area contributed by atoms with Crippen molar-refractivity contribution >= 4 is 14.3 Å². The molecule has 4 heteroatoms. The van der Waals surface area contributed by atoms with E-state index < -0.39 is 0 Å². The zero-order valence-corrected chi connectivity index (χ0v) is 15.9. The van der Waals surface area contributed by atoms with Crippen LogP contribution in [0.1, 0.15) is 35.1 Å². The zero-order valence-electron chi connectivity index (χ0n) is 11.8. The maximum absolute atomic E-state index is 3.26. The largest absolute Gasteiger partial charge is 4.00 e. The summed E-state index contributed by atoms with van der Waals surface area (Å²) in [6.07, 6.45) is 5.33. The summed E-state index contributed by atoms with van der Waals surface area (Å²) in [5.41, 5.74) is 5.47. The molecule has 0 radical (unpaired) electrons. The molecule has 0 amide bonds. The molecular weight excluding hydrogens is 342 g/mol. The number of allylic oxidation sites excluding steroid dienone is 1. The molecule has 2 aromatic rings. The van der Waals surface area contributed by atoms with Crippen molar-refractivity contribution in [2.75, 3.05) is 0 Å². The fourth-order valence-corrected chi connectivity index (χ4v) is 2.72. The third-order valence-electron chi connectivity index (χ3n) is 3.09. The molecular formula is C16H17Cl2PTi. The monoisotopic (exact) mass is 358 g/mol. The molecule has 1 aliphatic rings. The molecule has 2 atom stereocenters. The Bertz CT molecular complexity index is 518. The molecule has 3 rings (SSSR count). The van der Waals surface area contributed by atoms with Gasteiger partial charge in [-0.2, -0.15) is 28.3 Å². The second kappa shape index (κ2) is 10.7.